The van der Waals surface area contributed by atoms with Gasteiger partial charge in [-0.1, -0.05) is 23.4 Å². The average Bonchev–Trinajstić information content (AvgIpc) is 2.90. The minimum Gasteiger partial charge on any atom is -0.476 e. The van der Waals surface area contributed by atoms with E-state index in [9.17, 15) is 9.59 Å². The Hall–Kier alpha value is -2.90. The molecule has 0 saturated carbocycles. The second kappa shape index (κ2) is 6.51. The van der Waals surface area contributed by atoms with Crippen LogP contribution in [0.4, 0.5) is 10.5 Å². The van der Waals surface area contributed by atoms with Gasteiger partial charge in [-0.2, -0.15) is 0 Å². The second-order valence-electron chi connectivity index (χ2n) is 4.37. The van der Waals surface area contributed by atoms with E-state index in [-0.39, 0.29) is 11.7 Å². The molecule has 8 nitrogen and oxygen atoms in total. The van der Waals surface area contributed by atoms with Crippen LogP contribution in [0.15, 0.2) is 30.5 Å². The van der Waals surface area contributed by atoms with Crippen LogP contribution in [-0.2, 0) is 6.54 Å². The summed E-state index contributed by atoms with van der Waals surface area (Å²) in [5, 5.41) is 21.2. The Morgan fingerprint density at radius 3 is 2.76 bits per heavy atom. The Morgan fingerprint density at radius 2 is 2.10 bits per heavy atom. The number of carboxylic acids is 1. The highest BCUT2D eigenvalue weighted by atomic mass is 16.4. The summed E-state index contributed by atoms with van der Waals surface area (Å²) in [6.45, 7) is 2.54. The van der Waals surface area contributed by atoms with Crippen LogP contribution >= 0.6 is 0 Å². The number of hydrogen-bond acceptors (Lipinski definition) is 4. The lowest BCUT2D eigenvalue weighted by atomic mass is 10.2. The van der Waals surface area contributed by atoms with Crippen LogP contribution in [0, 0.1) is 6.92 Å². The number of aryl methyl sites for hydroxylation is 1. The number of nitrogens with one attached hydrogen (secondary N) is 2. The molecule has 0 bridgehead atoms. The minimum atomic E-state index is -1.13. The Morgan fingerprint density at radius 1 is 1.33 bits per heavy atom. The van der Waals surface area contributed by atoms with Gasteiger partial charge in [-0.3, -0.25) is 0 Å². The lowest BCUT2D eigenvalue weighted by molar-refractivity contribution is 0.0690. The van der Waals surface area contributed by atoms with E-state index >= 15 is 0 Å². The van der Waals surface area contributed by atoms with E-state index in [2.05, 4.69) is 20.9 Å². The van der Waals surface area contributed by atoms with Crippen LogP contribution in [0.2, 0.25) is 0 Å². The maximum absolute atomic E-state index is 11.7. The van der Waals surface area contributed by atoms with Gasteiger partial charge in [-0.25, -0.2) is 14.3 Å². The third-order valence-electron chi connectivity index (χ3n) is 2.78. The van der Waals surface area contributed by atoms with E-state index in [4.69, 9.17) is 5.11 Å². The number of urea groups is 1. The molecule has 21 heavy (non-hydrogen) atoms. The first-order valence-corrected chi connectivity index (χ1v) is 6.30. The topological polar surface area (TPSA) is 109 Å². The zero-order chi connectivity index (χ0) is 15.2. The average molecular weight is 289 g/mol. The fraction of sp³-hybridized carbons (Fsp3) is 0.231. The highest BCUT2D eigenvalue weighted by Crippen LogP contribution is 2.12. The van der Waals surface area contributed by atoms with Gasteiger partial charge in [0, 0.05) is 12.2 Å². The molecule has 0 aliphatic carbocycles. The smallest absolute Gasteiger partial charge is 0.358 e. The number of aromatic carboxylic acids is 1. The highest BCUT2D eigenvalue weighted by Gasteiger charge is 2.08. The van der Waals surface area contributed by atoms with Crippen molar-refractivity contribution in [2.45, 2.75) is 13.5 Å². The molecule has 3 N–H and O–H groups in total. The number of carbonyl (C=O) groups is 2. The quantitative estimate of drug-likeness (QED) is 0.763. The Bertz CT molecular complexity index is 653. The Kier molecular flexibility index (Phi) is 4.50. The number of carboxylic acid groups (broad SMARTS) is 1. The first-order valence-electron chi connectivity index (χ1n) is 6.30. The van der Waals surface area contributed by atoms with E-state index in [1.807, 2.05) is 31.2 Å². The molecule has 0 atom stereocenters. The molecular weight excluding hydrogens is 274 g/mol. The zero-order valence-electron chi connectivity index (χ0n) is 11.4. The molecule has 0 unspecified atom stereocenters. The maximum Gasteiger partial charge on any atom is 0.358 e. The second-order valence-corrected chi connectivity index (χ2v) is 4.37. The zero-order valence-corrected chi connectivity index (χ0v) is 11.4. The molecule has 2 amide bonds. The number of benzene rings is 1. The number of carbonyl (C=O) groups excluding carboxylic acids is 1. The molecule has 0 saturated heterocycles. The number of amides is 2. The summed E-state index contributed by atoms with van der Waals surface area (Å²) in [4.78, 5) is 22.3. The summed E-state index contributed by atoms with van der Waals surface area (Å²) >= 11 is 0. The van der Waals surface area contributed by atoms with Gasteiger partial charge in [-0.15, -0.1) is 5.10 Å². The maximum atomic E-state index is 11.7. The first-order chi connectivity index (χ1) is 10.1. The summed E-state index contributed by atoms with van der Waals surface area (Å²) < 4.78 is 1.36. The lowest BCUT2D eigenvalue weighted by Gasteiger charge is -2.09. The van der Waals surface area contributed by atoms with E-state index in [1.54, 1.807) is 0 Å². The highest BCUT2D eigenvalue weighted by molar-refractivity contribution is 5.90. The van der Waals surface area contributed by atoms with Crippen LogP contribution < -0.4 is 10.6 Å². The van der Waals surface area contributed by atoms with Crippen molar-refractivity contribution < 1.29 is 14.7 Å². The number of aromatic nitrogens is 3. The van der Waals surface area contributed by atoms with Crippen LogP contribution in [0.25, 0.3) is 0 Å². The molecule has 2 rings (SSSR count). The van der Waals surface area contributed by atoms with Gasteiger partial charge >= 0.3 is 12.0 Å². The number of nitrogens with zero attached hydrogens (tertiary/aromatic N) is 3. The number of para-hydroxylation sites is 1. The normalized spacial score (nSPS) is 10.1. The molecular formula is C13H15N5O3. The number of rotatable bonds is 5. The summed E-state index contributed by atoms with van der Waals surface area (Å²) in [6.07, 6.45) is 1.31. The molecule has 0 spiro atoms. The van der Waals surface area contributed by atoms with Crippen molar-refractivity contribution in [1.82, 2.24) is 20.3 Å². The summed E-state index contributed by atoms with van der Waals surface area (Å²) in [5.41, 5.74) is 1.58. The predicted molar refractivity (Wildman–Crippen MR) is 75.2 cm³/mol. The van der Waals surface area contributed by atoms with Crippen molar-refractivity contribution in [2.24, 2.45) is 0 Å². The van der Waals surface area contributed by atoms with Gasteiger partial charge in [0.15, 0.2) is 5.69 Å². The fourth-order valence-electron chi connectivity index (χ4n) is 1.67. The molecule has 1 aromatic heterocycles. The van der Waals surface area contributed by atoms with Crippen LogP contribution in [0.1, 0.15) is 16.1 Å². The van der Waals surface area contributed by atoms with E-state index in [0.717, 1.165) is 11.3 Å². The van der Waals surface area contributed by atoms with Gasteiger partial charge < -0.3 is 15.7 Å². The molecule has 0 aliphatic rings. The van der Waals surface area contributed by atoms with Crippen molar-refractivity contribution in [1.29, 1.82) is 0 Å². The molecule has 0 aliphatic heterocycles. The van der Waals surface area contributed by atoms with E-state index in [1.165, 1.54) is 10.9 Å². The van der Waals surface area contributed by atoms with E-state index < -0.39 is 5.97 Å². The Labute approximate surface area is 120 Å². The largest absolute Gasteiger partial charge is 0.476 e. The number of anilines is 1. The van der Waals surface area contributed by atoms with Gasteiger partial charge in [0.1, 0.15) is 0 Å². The van der Waals surface area contributed by atoms with Gasteiger partial charge in [0.05, 0.1) is 12.7 Å². The van der Waals surface area contributed by atoms with E-state index in [0.29, 0.717) is 13.1 Å². The van der Waals surface area contributed by atoms with Crippen molar-refractivity contribution >= 4 is 17.7 Å². The van der Waals surface area contributed by atoms with Gasteiger partial charge in [-0.05, 0) is 18.6 Å². The Balaban J connectivity index is 1.79. The van der Waals surface area contributed by atoms with Crippen LogP contribution in [0.5, 0.6) is 0 Å². The van der Waals surface area contributed by atoms with Crippen molar-refractivity contribution in [3.05, 3.63) is 41.7 Å². The minimum absolute atomic E-state index is 0.126. The fourth-order valence-corrected chi connectivity index (χ4v) is 1.67. The molecule has 1 heterocycles. The first kappa shape index (κ1) is 14.5. The summed E-state index contributed by atoms with van der Waals surface area (Å²) in [5.74, 6) is -1.13. The van der Waals surface area contributed by atoms with Crippen LogP contribution in [0.3, 0.4) is 0 Å². The summed E-state index contributed by atoms with van der Waals surface area (Å²) in [7, 11) is 0. The number of hydrogen-bond donors (Lipinski definition) is 3. The molecule has 2 aromatic rings. The molecule has 8 heteroatoms. The summed E-state index contributed by atoms with van der Waals surface area (Å²) in [6, 6.07) is 7.11. The monoisotopic (exact) mass is 289 g/mol. The molecule has 0 fully saturated rings. The van der Waals surface area contributed by atoms with Gasteiger partial charge in [0.2, 0.25) is 0 Å². The SMILES string of the molecule is Cc1ccccc1NC(=O)NCCn1cc(C(=O)O)nn1. The molecule has 1 aromatic carbocycles. The third-order valence-corrected chi connectivity index (χ3v) is 2.78. The third kappa shape index (κ3) is 4.03. The standard InChI is InChI=1S/C13H15N5O3/c1-9-4-2-3-5-10(9)15-13(21)14-6-7-18-8-11(12(19)20)16-17-18/h2-5,8H,6-7H2,1H3,(H,19,20)(H2,14,15,21). The molecule has 0 radical (unpaired) electrons. The van der Waals surface area contributed by atoms with Crippen LogP contribution in [-0.4, -0.2) is 38.6 Å². The van der Waals surface area contributed by atoms with Gasteiger partial charge in [0.25, 0.3) is 0 Å². The van der Waals surface area contributed by atoms with Crippen molar-refractivity contribution in [3.63, 3.8) is 0 Å². The van der Waals surface area contributed by atoms with Crippen molar-refractivity contribution in [2.75, 3.05) is 11.9 Å². The lowest BCUT2D eigenvalue weighted by Crippen LogP contribution is -2.31. The molecule has 110 valence electrons. The van der Waals surface area contributed by atoms with Crippen molar-refractivity contribution in [3.8, 4) is 0 Å². The predicted octanol–water partition coefficient (Wildman–Crippen LogP) is 1.11.